The fourth-order valence-electron chi connectivity index (χ4n) is 1.62. The summed E-state index contributed by atoms with van der Waals surface area (Å²) in [6.45, 7) is 2.21. The normalized spacial score (nSPS) is 10.6. The number of anilines is 1. The summed E-state index contributed by atoms with van der Waals surface area (Å²) >= 11 is 2.24. The number of carbonyl (C=O) groups is 1. The molecule has 0 aliphatic rings. The third kappa shape index (κ3) is 5.55. The zero-order chi connectivity index (χ0) is 15.1. The van der Waals surface area contributed by atoms with E-state index in [2.05, 4.69) is 38.4 Å². The molecule has 21 heavy (non-hydrogen) atoms. The number of hydrogen-bond acceptors (Lipinski definition) is 3. The molecule has 0 saturated heterocycles. The summed E-state index contributed by atoms with van der Waals surface area (Å²) in [6.07, 6.45) is 1.63. The molecule has 2 aromatic rings. The molecule has 2 rings (SSSR count). The maximum absolute atomic E-state index is 11.6. The maximum atomic E-state index is 11.6. The summed E-state index contributed by atoms with van der Waals surface area (Å²) in [5.41, 5.74) is 5.55. The number of halogens is 1. The molecule has 0 aliphatic carbocycles. The van der Waals surface area contributed by atoms with Crippen molar-refractivity contribution in [2.24, 2.45) is 5.10 Å². The first-order valence-electron chi connectivity index (χ1n) is 6.51. The first-order chi connectivity index (χ1) is 10.1. The molecule has 0 aromatic heterocycles. The van der Waals surface area contributed by atoms with Crippen molar-refractivity contribution < 1.29 is 4.79 Å². The Kier molecular flexibility index (Phi) is 5.74. The highest BCUT2D eigenvalue weighted by atomic mass is 127. The predicted molar refractivity (Wildman–Crippen MR) is 94.6 cm³/mol. The third-order valence-electron chi connectivity index (χ3n) is 2.78. The van der Waals surface area contributed by atoms with E-state index in [0.29, 0.717) is 0 Å². The standard InChI is InChI=1S/C16H16IN3O/c1-12-2-4-13(5-3-12)10-19-20-16(21)11-18-15-8-6-14(17)7-9-15/h2-10,18H,11H2,1H3,(H,20,21)/b19-10-. The summed E-state index contributed by atoms with van der Waals surface area (Å²) in [6, 6.07) is 15.7. The van der Waals surface area contributed by atoms with Gasteiger partial charge in [0.2, 0.25) is 0 Å². The van der Waals surface area contributed by atoms with Crippen LogP contribution in [0.5, 0.6) is 0 Å². The molecule has 0 atom stereocenters. The molecule has 2 aromatic carbocycles. The van der Waals surface area contributed by atoms with Crippen molar-refractivity contribution >= 4 is 40.4 Å². The lowest BCUT2D eigenvalue weighted by atomic mass is 10.2. The molecule has 2 N–H and O–H groups in total. The van der Waals surface area contributed by atoms with Crippen LogP contribution in [-0.2, 0) is 4.79 Å². The number of nitrogens with one attached hydrogen (secondary N) is 2. The highest BCUT2D eigenvalue weighted by Crippen LogP contribution is 2.10. The van der Waals surface area contributed by atoms with Crippen LogP contribution in [-0.4, -0.2) is 18.7 Å². The van der Waals surface area contributed by atoms with E-state index in [0.717, 1.165) is 14.8 Å². The van der Waals surface area contributed by atoms with Crippen molar-refractivity contribution in [1.29, 1.82) is 0 Å². The van der Waals surface area contributed by atoms with Crippen LogP contribution in [0.1, 0.15) is 11.1 Å². The number of benzene rings is 2. The molecule has 108 valence electrons. The molecule has 0 heterocycles. The average Bonchev–Trinajstić information content (AvgIpc) is 2.49. The molecule has 5 heteroatoms. The molecule has 0 fully saturated rings. The van der Waals surface area contributed by atoms with Crippen LogP contribution in [0.15, 0.2) is 53.6 Å². The highest BCUT2D eigenvalue weighted by molar-refractivity contribution is 14.1. The summed E-state index contributed by atoms with van der Waals surface area (Å²) < 4.78 is 1.16. The van der Waals surface area contributed by atoms with E-state index in [9.17, 15) is 4.79 Å². The molecule has 0 spiro atoms. The molecule has 1 amide bonds. The predicted octanol–water partition coefficient (Wildman–Crippen LogP) is 3.16. The van der Waals surface area contributed by atoms with Crippen molar-refractivity contribution in [2.75, 3.05) is 11.9 Å². The number of hydrogen-bond donors (Lipinski definition) is 2. The lowest BCUT2D eigenvalue weighted by molar-refractivity contribution is -0.119. The summed E-state index contributed by atoms with van der Waals surface area (Å²) in [5.74, 6) is -0.183. The Morgan fingerprint density at radius 2 is 1.81 bits per heavy atom. The van der Waals surface area contributed by atoms with Gasteiger partial charge in [-0.3, -0.25) is 4.79 Å². The smallest absolute Gasteiger partial charge is 0.259 e. The van der Waals surface area contributed by atoms with Crippen LogP contribution < -0.4 is 10.7 Å². The van der Waals surface area contributed by atoms with Gasteiger partial charge in [-0.2, -0.15) is 5.10 Å². The molecular formula is C16H16IN3O. The molecule has 0 aliphatic heterocycles. The van der Waals surface area contributed by atoms with E-state index in [1.165, 1.54) is 5.56 Å². The van der Waals surface area contributed by atoms with Crippen molar-refractivity contribution in [2.45, 2.75) is 6.92 Å². The Balaban J connectivity index is 1.77. The van der Waals surface area contributed by atoms with E-state index in [1.807, 2.05) is 55.5 Å². The van der Waals surface area contributed by atoms with Crippen LogP contribution in [0.3, 0.4) is 0 Å². The van der Waals surface area contributed by atoms with Gasteiger partial charge in [-0.15, -0.1) is 0 Å². The Morgan fingerprint density at radius 1 is 1.14 bits per heavy atom. The second-order valence-electron chi connectivity index (χ2n) is 4.56. The first kappa shape index (κ1) is 15.5. The van der Waals surface area contributed by atoms with Gasteiger partial charge >= 0.3 is 0 Å². The number of amides is 1. The highest BCUT2D eigenvalue weighted by Gasteiger charge is 1.99. The monoisotopic (exact) mass is 393 g/mol. The minimum Gasteiger partial charge on any atom is -0.376 e. The first-order valence-corrected chi connectivity index (χ1v) is 7.59. The molecule has 0 saturated carbocycles. The zero-order valence-corrected chi connectivity index (χ0v) is 13.8. The van der Waals surface area contributed by atoms with Crippen molar-refractivity contribution in [3.8, 4) is 0 Å². The van der Waals surface area contributed by atoms with Gasteiger partial charge in [0.25, 0.3) is 5.91 Å². The van der Waals surface area contributed by atoms with Crippen molar-refractivity contribution in [3.63, 3.8) is 0 Å². The molecule has 0 radical (unpaired) electrons. The van der Waals surface area contributed by atoms with Crippen LogP contribution in [0.4, 0.5) is 5.69 Å². The van der Waals surface area contributed by atoms with E-state index < -0.39 is 0 Å². The van der Waals surface area contributed by atoms with Gasteiger partial charge in [-0.25, -0.2) is 5.43 Å². The average molecular weight is 393 g/mol. The zero-order valence-electron chi connectivity index (χ0n) is 11.6. The minimum atomic E-state index is -0.183. The van der Waals surface area contributed by atoms with Crippen LogP contribution >= 0.6 is 22.6 Å². The summed E-state index contributed by atoms with van der Waals surface area (Å²) in [4.78, 5) is 11.6. The second kappa shape index (κ2) is 7.78. The van der Waals surface area contributed by atoms with Crippen molar-refractivity contribution in [1.82, 2.24) is 5.43 Å². The number of hydrazone groups is 1. The van der Waals surface area contributed by atoms with Crippen LogP contribution in [0.25, 0.3) is 0 Å². The number of rotatable bonds is 5. The summed E-state index contributed by atoms with van der Waals surface area (Å²) in [5, 5.41) is 6.97. The SMILES string of the molecule is Cc1ccc(/C=N\NC(=O)CNc2ccc(I)cc2)cc1. The Labute approximate surface area is 137 Å². The Morgan fingerprint density at radius 3 is 2.48 bits per heavy atom. The second-order valence-corrected chi connectivity index (χ2v) is 5.81. The third-order valence-corrected chi connectivity index (χ3v) is 3.50. The van der Waals surface area contributed by atoms with Crippen molar-refractivity contribution in [3.05, 3.63) is 63.2 Å². The van der Waals surface area contributed by atoms with Gasteiger partial charge in [0.1, 0.15) is 0 Å². The van der Waals surface area contributed by atoms with E-state index >= 15 is 0 Å². The quantitative estimate of drug-likeness (QED) is 0.466. The van der Waals surface area contributed by atoms with Crippen LogP contribution in [0.2, 0.25) is 0 Å². The fraction of sp³-hybridized carbons (Fsp3) is 0.125. The summed E-state index contributed by atoms with van der Waals surface area (Å²) in [7, 11) is 0. The maximum Gasteiger partial charge on any atom is 0.259 e. The van der Waals surface area contributed by atoms with Gasteiger partial charge in [-0.1, -0.05) is 29.8 Å². The molecular weight excluding hydrogens is 377 g/mol. The molecule has 0 unspecified atom stereocenters. The molecule has 0 bridgehead atoms. The van der Waals surface area contributed by atoms with Gasteiger partial charge in [0.05, 0.1) is 12.8 Å². The fourth-order valence-corrected chi connectivity index (χ4v) is 1.98. The van der Waals surface area contributed by atoms with Crippen LogP contribution in [0, 0.1) is 10.5 Å². The van der Waals surface area contributed by atoms with E-state index in [4.69, 9.17) is 0 Å². The number of aryl methyl sites for hydroxylation is 1. The lowest BCUT2D eigenvalue weighted by Gasteiger charge is -2.05. The van der Waals surface area contributed by atoms with Gasteiger partial charge < -0.3 is 5.32 Å². The largest absolute Gasteiger partial charge is 0.376 e. The lowest BCUT2D eigenvalue weighted by Crippen LogP contribution is -2.25. The van der Waals surface area contributed by atoms with Gasteiger partial charge in [-0.05, 0) is 59.3 Å². The Hall–Kier alpha value is -1.89. The van der Waals surface area contributed by atoms with Gasteiger partial charge in [0.15, 0.2) is 0 Å². The minimum absolute atomic E-state index is 0.183. The topological polar surface area (TPSA) is 53.5 Å². The number of nitrogens with zero attached hydrogens (tertiary/aromatic N) is 1. The molecule has 4 nitrogen and oxygen atoms in total. The Bertz CT molecular complexity index is 621. The van der Waals surface area contributed by atoms with Gasteiger partial charge in [0, 0.05) is 9.26 Å². The number of carbonyl (C=O) groups excluding carboxylic acids is 1. The van der Waals surface area contributed by atoms with E-state index in [1.54, 1.807) is 6.21 Å². The van der Waals surface area contributed by atoms with E-state index in [-0.39, 0.29) is 12.5 Å².